The quantitative estimate of drug-likeness (QED) is 0.273. The van der Waals surface area contributed by atoms with Crippen LogP contribution < -0.4 is 11.5 Å². The molecule has 0 saturated heterocycles. The number of para-hydroxylation sites is 2. The van der Waals surface area contributed by atoms with Crippen molar-refractivity contribution in [3.8, 4) is 0 Å². The van der Waals surface area contributed by atoms with Gasteiger partial charge in [0.05, 0.1) is 26.9 Å². The van der Waals surface area contributed by atoms with Crippen molar-refractivity contribution in [3.63, 3.8) is 0 Å². The molecule has 136 valence electrons. The zero-order valence-corrected chi connectivity index (χ0v) is 14.8. The van der Waals surface area contributed by atoms with Gasteiger partial charge in [0.25, 0.3) is 5.69 Å². The lowest BCUT2D eigenvalue weighted by Gasteiger charge is -2.07. The molecule has 4 rings (SSSR count). The zero-order chi connectivity index (χ0) is 19.0. The van der Waals surface area contributed by atoms with Crippen LogP contribution in [0.2, 0.25) is 0 Å². The lowest BCUT2D eigenvalue weighted by molar-refractivity contribution is -0.384. The number of imidazole rings is 1. The maximum Gasteiger partial charge on any atom is 0.269 e. The fourth-order valence-corrected chi connectivity index (χ4v) is 4.17. The topological polar surface area (TPSA) is 149 Å². The first-order valence-electron chi connectivity index (χ1n) is 8.07. The van der Waals surface area contributed by atoms with E-state index in [0.29, 0.717) is 12.1 Å². The Bertz CT molecular complexity index is 1070. The van der Waals surface area contributed by atoms with Crippen LogP contribution >= 0.6 is 11.8 Å². The summed E-state index contributed by atoms with van der Waals surface area (Å²) in [5.74, 6) is -0.148. The number of H-pyrrole nitrogens is 1. The number of nitrogens with one attached hydrogen (secondary N) is 1. The van der Waals surface area contributed by atoms with Crippen molar-refractivity contribution in [1.82, 2.24) is 9.97 Å². The molecule has 0 radical (unpaired) electrons. The maximum atomic E-state index is 11.1. The van der Waals surface area contributed by atoms with Crippen molar-refractivity contribution in [1.29, 1.82) is 0 Å². The Morgan fingerprint density at radius 1 is 1.30 bits per heavy atom. The molecule has 1 aliphatic carbocycles. The molecule has 1 aliphatic rings. The van der Waals surface area contributed by atoms with Gasteiger partial charge in [-0.1, -0.05) is 23.9 Å². The highest BCUT2D eigenvalue weighted by molar-refractivity contribution is 8.00. The molecule has 1 heterocycles. The van der Waals surface area contributed by atoms with Gasteiger partial charge in [0.15, 0.2) is 5.16 Å². The second kappa shape index (κ2) is 6.72. The van der Waals surface area contributed by atoms with E-state index in [-0.39, 0.29) is 16.9 Å². The van der Waals surface area contributed by atoms with E-state index < -0.39 is 4.92 Å². The van der Waals surface area contributed by atoms with Crippen LogP contribution in [0.1, 0.15) is 11.1 Å². The molecule has 0 amide bonds. The highest BCUT2D eigenvalue weighted by atomic mass is 32.2. The van der Waals surface area contributed by atoms with Crippen LogP contribution in [0.15, 0.2) is 57.8 Å². The van der Waals surface area contributed by atoms with Gasteiger partial charge in [-0.3, -0.25) is 10.1 Å². The van der Waals surface area contributed by atoms with Crippen LogP contribution in [0.5, 0.6) is 0 Å². The number of nitrogens with two attached hydrogens (primary N) is 2. The minimum absolute atomic E-state index is 0.0457. The van der Waals surface area contributed by atoms with Crippen LogP contribution in [0.3, 0.4) is 0 Å². The number of hydrogen-bond acceptors (Lipinski definition) is 6. The molecule has 2 aromatic carbocycles. The number of guanidine groups is 1. The minimum atomic E-state index is -0.410. The Morgan fingerprint density at radius 3 is 2.85 bits per heavy atom. The molecule has 27 heavy (non-hydrogen) atoms. The van der Waals surface area contributed by atoms with Crippen LogP contribution in [-0.2, 0) is 6.42 Å². The number of benzene rings is 2. The number of non-ortho nitro benzene ring substituents is 1. The Labute approximate surface area is 157 Å². The number of aromatic nitrogens is 2. The first kappa shape index (κ1) is 17.0. The number of aromatic amines is 1. The third-order valence-corrected chi connectivity index (χ3v) is 5.27. The number of hydrogen-bond donors (Lipinski definition) is 3. The summed E-state index contributed by atoms with van der Waals surface area (Å²) in [6.45, 7) is 0. The molecular formula is C17H15N7O2S. The number of thioether (sulfide) groups is 1. The number of rotatable bonds is 4. The summed E-state index contributed by atoms with van der Waals surface area (Å²) in [6, 6.07) is 12.5. The molecule has 0 fully saturated rings. The van der Waals surface area contributed by atoms with Gasteiger partial charge in [-0.15, -0.1) is 5.10 Å². The highest BCUT2D eigenvalue weighted by Crippen LogP contribution is 2.36. The van der Waals surface area contributed by atoms with Gasteiger partial charge in [0.2, 0.25) is 5.96 Å². The SMILES string of the molecule is NC(N)=N/N=C1\c2ccc([N+](=O)[O-])cc2CC1Sc1nc2ccccc2[nH]1. The number of nitrogens with zero attached hydrogens (tertiary/aromatic N) is 4. The Kier molecular flexibility index (Phi) is 4.24. The number of nitro benzene ring substituents is 1. The van der Waals surface area contributed by atoms with E-state index in [1.165, 1.54) is 17.8 Å². The predicted molar refractivity (Wildman–Crippen MR) is 105 cm³/mol. The van der Waals surface area contributed by atoms with Gasteiger partial charge in [-0.25, -0.2) is 4.98 Å². The van der Waals surface area contributed by atoms with E-state index in [9.17, 15) is 10.1 Å². The summed E-state index contributed by atoms with van der Waals surface area (Å²) >= 11 is 1.49. The fraction of sp³-hybridized carbons (Fsp3) is 0.118. The lowest BCUT2D eigenvalue weighted by atomic mass is 10.1. The average Bonchev–Trinajstić information content (AvgIpc) is 3.19. The normalized spacial score (nSPS) is 17.2. The van der Waals surface area contributed by atoms with Gasteiger partial charge in [0, 0.05) is 17.7 Å². The summed E-state index contributed by atoms with van der Waals surface area (Å²) in [6.07, 6.45) is 0.567. The molecule has 3 aromatic rings. The summed E-state index contributed by atoms with van der Waals surface area (Å²) in [7, 11) is 0. The molecule has 0 aliphatic heterocycles. The molecule has 1 aromatic heterocycles. The minimum Gasteiger partial charge on any atom is -0.369 e. The first-order valence-corrected chi connectivity index (χ1v) is 8.95. The standard InChI is InChI=1S/C17H15N7O2S/c18-16(19)23-22-15-11-6-5-10(24(25)26)7-9(11)8-14(15)27-17-20-12-3-1-2-4-13(12)21-17/h1-7,14H,8H2,(H,20,21)(H4,18,19,23)/b22-15+. The van der Waals surface area contributed by atoms with E-state index in [2.05, 4.69) is 20.2 Å². The van der Waals surface area contributed by atoms with Crippen LogP contribution in [0, 0.1) is 10.1 Å². The van der Waals surface area contributed by atoms with Crippen LogP contribution in [0.25, 0.3) is 11.0 Å². The van der Waals surface area contributed by atoms with Crippen molar-refractivity contribution >= 4 is 40.2 Å². The second-order valence-corrected chi connectivity index (χ2v) is 7.17. The third kappa shape index (κ3) is 3.34. The number of fused-ring (bicyclic) bond motifs is 2. The summed E-state index contributed by atoms with van der Waals surface area (Å²) in [4.78, 5) is 18.5. The molecule has 10 heteroatoms. The van der Waals surface area contributed by atoms with Crippen LogP contribution in [-0.4, -0.2) is 31.8 Å². The van der Waals surface area contributed by atoms with Gasteiger partial charge in [-0.2, -0.15) is 5.10 Å². The second-order valence-electron chi connectivity index (χ2n) is 5.98. The van der Waals surface area contributed by atoms with Crippen LogP contribution in [0.4, 0.5) is 5.69 Å². The van der Waals surface area contributed by atoms with E-state index >= 15 is 0 Å². The average molecular weight is 381 g/mol. The van der Waals surface area contributed by atoms with Crippen molar-refractivity contribution in [3.05, 3.63) is 63.7 Å². The molecule has 5 N–H and O–H groups in total. The van der Waals surface area contributed by atoms with Gasteiger partial charge in [0.1, 0.15) is 0 Å². The first-order chi connectivity index (χ1) is 13.0. The van der Waals surface area contributed by atoms with Gasteiger partial charge in [-0.05, 0) is 30.2 Å². The van der Waals surface area contributed by atoms with Gasteiger partial charge >= 0.3 is 0 Å². The molecular weight excluding hydrogens is 366 g/mol. The van der Waals surface area contributed by atoms with E-state index in [0.717, 1.165) is 27.3 Å². The summed E-state index contributed by atoms with van der Waals surface area (Å²) in [5.41, 5.74) is 15.0. The maximum absolute atomic E-state index is 11.1. The molecule has 9 nitrogen and oxygen atoms in total. The molecule has 0 saturated carbocycles. The monoisotopic (exact) mass is 381 g/mol. The van der Waals surface area contributed by atoms with Crippen molar-refractivity contribution in [2.24, 2.45) is 21.7 Å². The van der Waals surface area contributed by atoms with Crippen molar-refractivity contribution in [2.75, 3.05) is 0 Å². The lowest BCUT2D eigenvalue weighted by Crippen LogP contribution is -2.22. The third-order valence-electron chi connectivity index (χ3n) is 4.18. The van der Waals surface area contributed by atoms with Crippen molar-refractivity contribution in [2.45, 2.75) is 16.8 Å². The van der Waals surface area contributed by atoms with Gasteiger partial charge < -0.3 is 16.5 Å². The molecule has 1 unspecified atom stereocenters. The van der Waals surface area contributed by atoms with E-state index in [1.807, 2.05) is 24.3 Å². The fourth-order valence-electron chi connectivity index (χ4n) is 3.03. The summed E-state index contributed by atoms with van der Waals surface area (Å²) < 4.78 is 0. The Morgan fingerprint density at radius 2 is 2.11 bits per heavy atom. The zero-order valence-electron chi connectivity index (χ0n) is 14.0. The molecule has 0 spiro atoms. The summed E-state index contributed by atoms with van der Waals surface area (Å²) in [5, 5.41) is 19.7. The number of nitro groups is 1. The molecule has 1 atom stereocenters. The smallest absolute Gasteiger partial charge is 0.269 e. The molecule has 0 bridgehead atoms. The van der Waals surface area contributed by atoms with E-state index in [4.69, 9.17) is 11.5 Å². The highest BCUT2D eigenvalue weighted by Gasteiger charge is 2.32. The largest absolute Gasteiger partial charge is 0.369 e. The Balaban J connectivity index is 1.71. The predicted octanol–water partition coefficient (Wildman–Crippen LogP) is 2.17. The van der Waals surface area contributed by atoms with E-state index in [1.54, 1.807) is 12.1 Å². The Hall–Kier alpha value is -3.40. The van der Waals surface area contributed by atoms with Crippen molar-refractivity contribution < 1.29 is 4.92 Å².